The van der Waals surface area contributed by atoms with Crippen molar-refractivity contribution in [2.75, 3.05) is 6.26 Å². The summed E-state index contributed by atoms with van der Waals surface area (Å²) in [6, 6.07) is 30.8. The molecule has 0 saturated heterocycles. The van der Waals surface area contributed by atoms with E-state index in [0.717, 1.165) is 44.3 Å². The standard InChI is InChI=1S/C24H18N2OS/c1-28-24-22(21-16-18-12-8-9-15-20(18)27-21)23(17-10-4-2-5-11-17)26(25-24)19-13-6-3-7-14-19/h2-16H,1H3. The molecule has 2 aromatic heterocycles. The Labute approximate surface area is 167 Å². The number of para-hydroxylation sites is 2. The summed E-state index contributed by atoms with van der Waals surface area (Å²) in [6.07, 6.45) is 2.05. The van der Waals surface area contributed by atoms with Gasteiger partial charge in [0.25, 0.3) is 0 Å². The third-order valence-corrected chi connectivity index (χ3v) is 5.44. The lowest BCUT2D eigenvalue weighted by Crippen LogP contribution is -1.99. The Balaban J connectivity index is 1.84. The van der Waals surface area contributed by atoms with Crippen molar-refractivity contribution in [2.24, 2.45) is 0 Å². The molecule has 136 valence electrons. The Kier molecular flexibility index (Phi) is 4.26. The molecular weight excluding hydrogens is 364 g/mol. The summed E-state index contributed by atoms with van der Waals surface area (Å²) in [5.41, 5.74) is 5.08. The van der Waals surface area contributed by atoms with Gasteiger partial charge in [-0.2, -0.15) is 5.10 Å². The number of hydrogen-bond donors (Lipinski definition) is 0. The Morgan fingerprint density at radius 2 is 1.50 bits per heavy atom. The van der Waals surface area contributed by atoms with E-state index in [9.17, 15) is 0 Å². The van der Waals surface area contributed by atoms with Crippen LogP contribution >= 0.6 is 11.8 Å². The minimum atomic E-state index is 0.839. The number of furan rings is 1. The molecule has 3 aromatic carbocycles. The highest BCUT2D eigenvalue weighted by atomic mass is 32.2. The van der Waals surface area contributed by atoms with E-state index < -0.39 is 0 Å². The molecule has 28 heavy (non-hydrogen) atoms. The summed E-state index contributed by atoms with van der Waals surface area (Å²) in [5, 5.41) is 6.98. The molecule has 0 radical (unpaired) electrons. The molecule has 5 aromatic rings. The van der Waals surface area contributed by atoms with Gasteiger partial charge in [-0.3, -0.25) is 0 Å². The Morgan fingerprint density at radius 3 is 2.21 bits per heavy atom. The van der Waals surface area contributed by atoms with Crippen molar-refractivity contribution in [1.82, 2.24) is 9.78 Å². The van der Waals surface area contributed by atoms with Gasteiger partial charge in [0.1, 0.15) is 16.4 Å². The Morgan fingerprint density at radius 1 is 0.821 bits per heavy atom. The maximum atomic E-state index is 6.24. The van der Waals surface area contributed by atoms with Crippen LogP contribution in [0.2, 0.25) is 0 Å². The fourth-order valence-corrected chi connectivity index (χ4v) is 4.05. The Hall–Kier alpha value is -3.24. The van der Waals surface area contributed by atoms with Gasteiger partial charge < -0.3 is 4.42 Å². The van der Waals surface area contributed by atoms with Crippen molar-refractivity contribution in [1.29, 1.82) is 0 Å². The molecule has 0 atom stereocenters. The molecule has 5 rings (SSSR count). The van der Waals surface area contributed by atoms with Crippen LogP contribution in [0.5, 0.6) is 0 Å². The topological polar surface area (TPSA) is 31.0 Å². The SMILES string of the molecule is CSc1nn(-c2ccccc2)c(-c2ccccc2)c1-c1cc2ccccc2o1. The van der Waals surface area contributed by atoms with E-state index in [4.69, 9.17) is 9.52 Å². The van der Waals surface area contributed by atoms with E-state index in [1.165, 1.54) is 0 Å². The zero-order valence-corrected chi connectivity index (χ0v) is 16.2. The molecule has 0 saturated carbocycles. The fourth-order valence-electron chi connectivity index (χ4n) is 3.49. The molecule has 2 heterocycles. The van der Waals surface area contributed by atoms with Gasteiger partial charge in [-0.15, -0.1) is 11.8 Å². The van der Waals surface area contributed by atoms with Gasteiger partial charge in [-0.05, 0) is 30.5 Å². The van der Waals surface area contributed by atoms with Crippen LogP contribution in [-0.2, 0) is 0 Å². The first-order valence-corrected chi connectivity index (χ1v) is 10.3. The van der Waals surface area contributed by atoms with Crippen LogP contribution < -0.4 is 0 Å². The van der Waals surface area contributed by atoms with E-state index >= 15 is 0 Å². The highest BCUT2D eigenvalue weighted by Gasteiger charge is 2.24. The number of aromatic nitrogens is 2. The van der Waals surface area contributed by atoms with Crippen molar-refractivity contribution < 1.29 is 4.42 Å². The molecule has 0 N–H and O–H groups in total. The fraction of sp³-hybridized carbons (Fsp3) is 0.0417. The molecule has 0 fully saturated rings. The van der Waals surface area contributed by atoms with Gasteiger partial charge in [0.15, 0.2) is 0 Å². The zero-order chi connectivity index (χ0) is 18.9. The molecule has 0 spiro atoms. The number of fused-ring (bicyclic) bond motifs is 1. The second-order valence-corrected chi connectivity index (χ2v) is 7.29. The predicted octanol–water partition coefficient (Wildman–Crippen LogP) is 6.67. The van der Waals surface area contributed by atoms with Gasteiger partial charge in [0, 0.05) is 10.9 Å². The lowest BCUT2D eigenvalue weighted by Gasteiger charge is -2.09. The van der Waals surface area contributed by atoms with Crippen LogP contribution in [0.25, 0.3) is 39.2 Å². The van der Waals surface area contributed by atoms with E-state index in [0.29, 0.717) is 0 Å². The summed E-state index contributed by atoms with van der Waals surface area (Å²) in [4.78, 5) is 0. The van der Waals surface area contributed by atoms with Crippen molar-refractivity contribution in [3.05, 3.63) is 91.0 Å². The molecule has 3 nitrogen and oxygen atoms in total. The lowest BCUT2D eigenvalue weighted by atomic mass is 10.1. The average Bonchev–Trinajstić information content (AvgIpc) is 3.36. The first-order valence-electron chi connectivity index (χ1n) is 9.12. The first kappa shape index (κ1) is 16.9. The Bertz CT molecular complexity index is 1210. The summed E-state index contributed by atoms with van der Waals surface area (Å²) in [7, 11) is 0. The van der Waals surface area contributed by atoms with Crippen LogP contribution in [0.3, 0.4) is 0 Å². The maximum absolute atomic E-state index is 6.24. The smallest absolute Gasteiger partial charge is 0.140 e. The zero-order valence-electron chi connectivity index (χ0n) is 15.4. The minimum Gasteiger partial charge on any atom is -0.456 e. The lowest BCUT2D eigenvalue weighted by molar-refractivity contribution is 0.630. The predicted molar refractivity (Wildman–Crippen MR) is 116 cm³/mol. The van der Waals surface area contributed by atoms with E-state index in [-0.39, 0.29) is 0 Å². The van der Waals surface area contributed by atoms with Crippen LogP contribution in [-0.4, -0.2) is 16.0 Å². The molecule has 0 amide bonds. The molecule has 0 aliphatic carbocycles. The third kappa shape index (κ3) is 2.83. The van der Waals surface area contributed by atoms with Crippen molar-refractivity contribution in [2.45, 2.75) is 5.03 Å². The number of nitrogens with zero attached hydrogens (tertiary/aromatic N) is 2. The summed E-state index contributed by atoms with van der Waals surface area (Å²) in [5.74, 6) is 0.839. The van der Waals surface area contributed by atoms with Crippen molar-refractivity contribution in [3.8, 4) is 28.3 Å². The molecule has 0 aliphatic heterocycles. The molecular formula is C24H18N2OS. The largest absolute Gasteiger partial charge is 0.456 e. The highest BCUT2D eigenvalue weighted by Crippen LogP contribution is 2.42. The third-order valence-electron chi connectivity index (χ3n) is 4.77. The van der Waals surface area contributed by atoms with Crippen molar-refractivity contribution in [3.63, 3.8) is 0 Å². The van der Waals surface area contributed by atoms with E-state index in [1.54, 1.807) is 11.8 Å². The second kappa shape index (κ2) is 7.06. The number of benzene rings is 3. The number of thioether (sulfide) groups is 1. The van der Waals surface area contributed by atoms with Crippen LogP contribution in [0, 0.1) is 0 Å². The number of hydrogen-bond acceptors (Lipinski definition) is 3. The molecule has 0 bridgehead atoms. The van der Waals surface area contributed by atoms with Gasteiger partial charge >= 0.3 is 0 Å². The highest BCUT2D eigenvalue weighted by molar-refractivity contribution is 7.98. The van der Waals surface area contributed by atoms with Gasteiger partial charge in [0.05, 0.1) is 16.9 Å². The van der Waals surface area contributed by atoms with Gasteiger partial charge in [0.2, 0.25) is 0 Å². The average molecular weight is 382 g/mol. The monoisotopic (exact) mass is 382 g/mol. The van der Waals surface area contributed by atoms with E-state index in [2.05, 4.69) is 54.8 Å². The van der Waals surface area contributed by atoms with Crippen LogP contribution in [0.4, 0.5) is 0 Å². The molecule has 4 heteroatoms. The molecule has 0 aliphatic rings. The first-order chi connectivity index (χ1) is 13.8. The summed E-state index contributed by atoms with van der Waals surface area (Å²) < 4.78 is 8.26. The van der Waals surface area contributed by atoms with Crippen LogP contribution in [0.15, 0.2) is 100 Å². The maximum Gasteiger partial charge on any atom is 0.140 e. The van der Waals surface area contributed by atoms with E-state index in [1.807, 2.05) is 47.1 Å². The quantitative estimate of drug-likeness (QED) is 0.325. The molecule has 0 unspecified atom stereocenters. The minimum absolute atomic E-state index is 0.839. The van der Waals surface area contributed by atoms with Crippen molar-refractivity contribution >= 4 is 22.7 Å². The summed E-state index contributed by atoms with van der Waals surface area (Å²) >= 11 is 1.63. The number of rotatable bonds is 4. The van der Waals surface area contributed by atoms with Gasteiger partial charge in [-0.1, -0.05) is 66.7 Å². The van der Waals surface area contributed by atoms with Crippen LogP contribution in [0.1, 0.15) is 0 Å². The normalized spacial score (nSPS) is 11.2. The van der Waals surface area contributed by atoms with Gasteiger partial charge in [-0.25, -0.2) is 4.68 Å². The summed E-state index contributed by atoms with van der Waals surface area (Å²) in [6.45, 7) is 0. The second-order valence-electron chi connectivity index (χ2n) is 6.49.